The van der Waals surface area contributed by atoms with Crippen molar-refractivity contribution in [2.45, 2.75) is 0 Å². The number of hydrogen-bond acceptors (Lipinski definition) is 5. The van der Waals surface area contributed by atoms with Crippen molar-refractivity contribution in [1.29, 1.82) is 0 Å². The fraction of sp³-hybridized carbons (Fsp3) is 0.273. The molecular formula is C11H12N2O5. The first-order valence-electron chi connectivity index (χ1n) is 5.02. The lowest BCUT2D eigenvalue weighted by molar-refractivity contribution is -0.384. The van der Waals surface area contributed by atoms with Gasteiger partial charge in [0.15, 0.2) is 0 Å². The largest absolute Gasteiger partial charge is 0.468 e. The molecule has 0 spiro atoms. The van der Waals surface area contributed by atoms with Crippen LogP contribution in [0.3, 0.4) is 0 Å². The van der Waals surface area contributed by atoms with Gasteiger partial charge in [-0.2, -0.15) is 0 Å². The summed E-state index contributed by atoms with van der Waals surface area (Å²) in [5.41, 5.74) is -0.0251. The van der Waals surface area contributed by atoms with Crippen LogP contribution in [0, 0.1) is 10.1 Å². The molecule has 1 rings (SSSR count). The number of amides is 1. The van der Waals surface area contributed by atoms with Crippen LogP contribution in [-0.4, -0.2) is 42.4 Å². The molecule has 1 amide bonds. The van der Waals surface area contributed by atoms with E-state index in [1.54, 1.807) is 0 Å². The molecule has 0 aromatic heterocycles. The van der Waals surface area contributed by atoms with Crippen molar-refractivity contribution < 1.29 is 19.2 Å². The Labute approximate surface area is 103 Å². The summed E-state index contributed by atoms with van der Waals surface area (Å²) in [7, 11) is 2.63. The highest BCUT2D eigenvalue weighted by atomic mass is 16.6. The Morgan fingerprint density at radius 3 is 2.67 bits per heavy atom. The van der Waals surface area contributed by atoms with E-state index < -0.39 is 16.8 Å². The van der Waals surface area contributed by atoms with Crippen LogP contribution in [0.4, 0.5) is 5.69 Å². The summed E-state index contributed by atoms with van der Waals surface area (Å²) >= 11 is 0. The van der Waals surface area contributed by atoms with Crippen molar-refractivity contribution in [3.05, 3.63) is 39.9 Å². The number of nitrogens with zero attached hydrogens (tertiary/aromatic N) is 2. The topological polar surface area (TPSA) is 89.8 Å². The molecule has 0 saturated carbocycles. The van der Waals surface area contributed by atoms with E-state index in [1.165, 1.54) is 32.4 Å². The second kappa shape index (κ2) is 5.76. The smallest absolute Gasteiger partial charge is 0.325 e. The number of carbonyl (C=O) groups excluding carboxylic acids is 2. The number of rotatable bonds is 4. The van der Waals surface area contributed by atoms with Gasteiger partial charge in [-0.3, -0.25) is 19.7 Å². The Kier molecular flexibility index (Phi) is 4.36. The van der Waals surface area contributed by atoms with E-state index >= 15 is 0 Å². The molecule has 0 N–H and O–H groups in total. The van der Waals surface area contributed by atoms with Crippen LogP contribution in [0.5, 0.6) is 0 Å². The first-order chi connectivity index (χ1) is 8.45. The summed E-state index contributed by atoms with van der Waals surface area (Å²) in [5, 5.41) is 10.6. The minimum atomic E-state index is -0.586. The van der Waals surface area contributed by atoms with E-state index in [0.29, 0.717) is 0 Å². The maximum absolute atomic E-state index is 11.9. The quantitative estimate of drug-likeness (QED) is 0.450. The van der Waals surface area contributed by atoms with E-state index in [0.717, 1.165) is 11.0 Å². The van der Waals surface area contributed by atoms with Gasteiger partial charge in [0.2, 0.25) is 0 Å². The van der Waals surface area contributed by atoms with E-state index in [-0.39, 0.29) is 17.8 Å². The molecule has 0 heterocycles. The van der Waals surface area contributed by atoms with E-state index in [4.69, 9.17) is 0 Å². The fourth-order valence-electron chi connectivity index (χ4n) is 1.30. The van der Waals surface area contributed by atoms with Crippen molar-refractivity contribution in [1.82, 2.24) is 4.90 Å². The number of likely N-dealkylation sites (N-methyl/N-ethyl adjacent to an activating group) is 1. The van der Waals surface area contributed by atoms with Gasteiger partial charge in [-0.25, -0.2) is 0 Å². The van der Waals surface area contributed by atoms with E-state index in [1.807, 2.05) is 0 Å². The van der Waals surface area contributed by atoms with Crippen molar-refractivity contribution in [2.24, 2.45) is 0 Å². The number of methoxy groups -OCH3 is 1. The third kappa shape index (κ3) is 3.27. The predicted octanol–water partition coefficient (Wildman–Crippen LogP) is 0.840. The molecule has 0 unspecified atom stereocenters. The van der Waals surface area contributed by atoms with Gasteiger partial charge in [-0.15, -0.1) is 0 Å². The Balaban J connectivity index is 2.86. The molecule has 0 aliphatic carbocycles. The van der Waals surface area contributed by atoms with Crippen LogP contribution in [0.25, 0.3) is 0 Å². The zero-order chi connectivity index (χ0) is 13.7. The molecule has 0 bridgehead atoms. The summed E-state index contributed by atoms with van der Waals surface area (Å²) in [4.78, 5) is 34.0. The van der Waals surface area contributed by atoms with Gasteiger partial charge in [0.25, 0.3) is 11.6 Å². The Hall–Kier alpha value is -2.44. The molecular weight excluding hydrogens is 240 g/mol. The Morgan fingerprint density at radius 1 is 1.44 bits per heavy atom. The fourth-order valence-corrected chi connectivity index (χ4v) is 1.30. The average Bonchev–Trinajstić information content (AvgIpc) is 2.37. The molecule has 0 fully saturated rings. The zero-order valence-electron chi connectivity index (χ0n) is 9.95. The lowest BCUT2D eigenvalue weighted by Gasteiger charge is -2.15. The van der Waals surface area contributed by atoms with Gasteiger partial charge in [-0.1, -0.05) is 6.07 Å². The molecule has 1 aromatic rings. The number of non-ortho nitro benzene ring substituents is 1. The molecule has 0 radical (unpaired) electrons. The highest BCUT2D eigenvalue weighted by Gasteiger charge is 2.17. The molecule has 0 aliphatic heterocycles. The number of nitro groups is 1. The Morgan fingerprint density at radius 2 is 2.11 bits per heavy atom. The number of ether oxygens (including phenoxy) is 1. The van der Waals surface area contributed by atoms with Gasteiger partial charge in [0.05, 0.1) is 12.0 Å². The van der Waals surface area contributed by atoms with Gasteiger partial charge >= 0.3 is 5.97 Å². The van der Waals surface area contributed by atoms with Gasteiger partial charge in [0.1, 0.15) is 6.54 Å². The third-order valence-corrected chi connectivity index (χ3v) is 2.24. The molecule has 1 aromatic carbocycles. The summed E-state index contributed by atoms with van der Waals surface area (Å²) < 4.78 is 4.43. The zero-order valence-corrected chi connectivity index (χ0v) is 9.95. The second-order valence-electron chi connectivity index (χ2n) is 3.54. The van der Waals surface area contributed by atoms with Crippen LogP contribution in [0.1, 0.15) is 10.4 Å². The number of hydrogen-bond donors (Lipinski definition) is 0. The molecule has 0 saturated heterocycles. The summed E-state index contributed by atoms with van der Waals surface area (Å²) in [6.07, 6.45) is 0. The first kappa shape index (κ1) is 13.6. The van der Waals surface area contributed by atoms with E-state index in [2.05, 4.69) is 4.74 Å². The normalized spacial score (nSPS) is 9.67. The van der Waals surface area contributed by atoms with Crippen LogP contribution in [0.15, 0.2) is 24.3 Å². The maximum atomic E-state index is 11.9. The van der Waals surface area contributed by atoms with Crippen molar-refractivity contribution in [3.63, 3.8) is 0 Å². The summed E-state index contributed by atoms with van der Waals surface area (Å²) in [6.45, 7) is -0.210. The standard InChI is InChI=1S/C11H12N2O5/c1-12(7-10(14)18-2)11(15)8-4-3-5-9(6-8)13(16)17/h3-6H,7H2,1-2H3. The SMILES string of the molecule is COC(=O)CN(C)C(=O)c1cccc([N+](=O)[O-])c1. The molecule has 7 heteroatoms. The monoisotopic (exact) mass is 252 g/mol. The Bertz CT molecular complexity index is 486. The lowest BCUT2D eigenvalue weighted by atomic mass is 10.2. The number of nitro benzene ring substituents is 1. The minimum absolute atomic E-state index is 0.149. The van der Waals surface area contributed by atoms with Gasteiger partial charge in [0, 0.05) is 24.7 Å². The molecule has 7 nitrogen and oxygen atoms in total. The minimum Gasteiger partial charge on any atom is -0.468 e. The number of benzene rings is 1. The molecule has 0 atom stereocenters. The molecule has 96 valence electrons. The van der Waals surface area contributed by atoms with Crippen LogP contribution < -0.4 is 0 Å². The third-order valence-electron chi connectivity index (χ3n) is 2.24. The highest BCUT2D eigenvalue weighted by molar-refractivity contribution is 5.96. The first-order valence-corrected chi connectivity index (χ1v) is 5.02. The molecule has 0 aliphatic rings. The molecule has 18 heavy (non-hydrogen) atoms. The number of carbonyl (C=O) groups is 2. The average molecular weight is 252 g/mol. The van der Waals surface area contributed by atoms with Crippen molar-refractivity contribution in [2.75, 3.05) is 20.7 Å². The van der Waals surface area contributed by atoms with Crippen LogP contribution >= 0.6 is 0 Å². The number of esters is 1. The van der Waals surface area contributed by atoms with Gasteiger partial charge in [-0.05, 0) is 6.07 Å². The highest BCUT2D eigenvalue weighted by Crippen LogP contribution is 2.14. The van der Waals surface area contributed by atoms with Gasteiger partial charge < -0.3 is 9.64 Å². The maximum Gasteiger partial charge on any atom is 0.325 e. The summed E-state index contributed by atoms with van der Waals surface area (Å²) in [6, 6.07) is 5.31. The van der Waals surface area contributed by atoms with Crippen molar-refractivity contribution >= 4 is 17.6 Å². The van der Waals surface area contributed by atoms with E-state index in [9.17, 15) is 19.7 Å². The second-order valence-corrected chi connectivity index (χ2v) is 3.54. The van der Waals surface area contributed by atoms with Crippen LogP contribution in [0.2, 0.25) is 0 Å². The summed E-state index contributed by atoms with van der Waals surface area (Å²) in [5.74, 6) is -1.04. The predicted molar refractivity (Wildman–Crippen MR) is 62.1 cm³/mol. The van der Waals surface area contributed by atoms with Crippen molar-refractivity contribution in [3.8, 4) is 0 Å². The van der Waals surface area contributed by atoms with Crippen LogP contribution in [-0.2, 0) is 9.53 Å². The lowest BCUT2D eigenvalue weighted by Crippen LogP contribution is -2.32.